The van der Waals surface area contributed by atoms with Gasteiger partial charge in [-0.25, -0.2) is 8.42 Å². The summed E-state index contributed by atoms with van der Waals surface area (Å²) in [7, 11) is -2.23. The van der Waals surface area contributed by atoms with Gasteiger partial charge in [-0.05, 0) is 25.2 Å². The van der Waals surface area contributed by atoms with E-state index in [1.54, 1.807) is 0 Å². The van der Waals surface area contributed by atoms with E-state index in [4.69, 9.17) is 9.47 Å². The summed E-state index contributed by atoms with van der Waals surface area (Å²) in [6, 6.07) is 0. The minimum atomic E-state index is -2.23. The Morgan fingerprint density at radius 2 is 2.13 bits per heavy atom. The number of epoxide rings is 1. The van der Waals surface area contributed by atoms with Crippen LogP contribution in [0.15, 0.2) is 0 Å². The van der Waals surface area contributed by atoms with Crippen molar-refractivity contribution in [1.82, 2.24) is 0 Å². The molecule has 2 aliphatic rings. The Kier molecular flexibility index (Phi) is 3.99. The number of rotatable bonds is 5. The molecule has 88 valence electrons. The summed E-state index contributed by atoms with van der Waals surface area (Å²) in [5.41, 5.74) is 0. The Labute approximate surface area is 91.9 Å². The van der Waals surface area contributed by atoms with Gasteiger partial charge in [-0.1, -0.05) is 6.42 Å². The summed E-state index contributed by atoms with van der Waals surface area (Å²) in [4.78, 5) is 0. The van der Waals surface area contributed by atoms with E-state index in [1.165, 1.54) is 0 Å². The van der Waals surface area contributed by atoms with E-state index in [2.05, 4.69) is 0 Å². The summed E-state index contributed by atoms with van der Waals surface area (Å²) in [6.07, 6.45) is 4.64. The third-order valence-corrected chi connectivity index (χ3v) is 3.88. The van der Waals surface area contributed by atoms with Gasteiger partial charge < -0.3 is 9.47 Å². The van der Waals surface area contributed by atoms with Crippen LogP contribution in [0.1, 0.15) is 25.7 Å². The van der Waals surface area contributed by atoms with E-state index in [0.717, 1.165) is 32.3 Å². The molecule has 0 amide bonds. The standard InChI is InChI=1S/C10H18O4S/c11-15(12)7-8-2-1-3-9(4-8)13-5-10-6-14-10/h8-10,15H,1-7H2. The van der Waals surface area contributed by atoms with Crippen molar-refractivity contribution in [2.24, 2.45) is 5.92 Å². The van der Waals surface area contributed by atoms with Crippen LogP contribution in [0.2, 0.25) is 0 Å². The van der Waals surface area contributed by atoms with E-state index in [-0.39, 0.29) is 6.10 Å². The zero-order valence-corrected chi connectivity index (χ0v) is 9.66. The van der Waals surface area contributed by atoms with Gasteiger partial charge in [0.25, 0.3) is 0 Å². The molecule has 0 bridgehead atoms. The second-order valence-electron chi connectivity index (χ2n) is 4.46. The van der Waals surface area contributed by atoms with Crippen LogP contribution in [0.5, 0.6) is 0 Å². The molecular formula is C10H18O4S. The first kappa shape index (κ1) is 11.4. The predicted octanol–water partition coefficient (Wildman–Crippen LogP) is 0.572. The summed E-state index contributed by atoms with van der Waals surface area (Å²) in [5, 5.41) is 0. The Morgan fingerprint density at radius 3 is 2.80 bits per heavy atom. The zero-order chi connectivity index (χ0) is 10.7. The summed E-state index contributed by atoms with van der Waals surface area (Å²) >= 11 is 0. The lowest BCUT2D eigenvalue weighted by Crippen LogP contribution is -2.26. The molecule has 2 rings (SSSR count). The monoisotopic (exact) mass is 234 g/mol. The van der Waals surface area contributed by atoms with Crippen molar-refractivity contribution in [2.75, 3.05) is 19.0 Å². The molecule has 4 nitrogen and oxygen atoms in total. The maximum absolute atomic E-state index is 10.6. The highest BCUT2D eigenvalue weighted by Gasteiger charge is 2.27. The molecule has 5 heteroatoms. The van der Waals surface area contributed by atoms with E-state index in [1.807, 2.05) is 0 Å². The van der Waals surface area contributed by atoms with Crippen molar-refractivity contribution >= 4 is 10.7 Å². The quantitative estimate of drug-likeness (QED) is 0.558. The van der Waals surface area contributed by atoms with Crippen molar-refractivity contribution < 1.29 is 17.9 Å². The van der Waals surface area contributed by atoms with Gasteiger partial charge in [0.05, 0.1) is 25.1 Å². The first-order valence-electron chi connectivity index (χ1n) is 5.59. The van der Waals surface area contributed by atoms with Crippen LogP contribution in [0.25, 0.3) is 0 Å². The predicted molar refractivity (Wildman–Crippen MR) is 56.6 cm³/mol. The van der Waals surface area contributed by atoms with Crippen LogP contribution in [0, 0.1) is 5.92 Å². The highest BCUT2D eigenvalue weighted by molar-refractivity contribution is 7.72. The zero-order valence-electron chi connectivity index (χ0n) is 8.76. The number of ether oxygens (including phenoxy) is 2. The number of hydrogen-bond acceptors (Lipinski definition) is 4. The lowest BCUT2D eigenvalue weighted by Gasteiger charge is -2.27. The van der Waals surface area contributed by atoms with E-state index < -0.39 is 10.7 Å². The third kappa shape index (κ3) is 4.09. The molecule has 0 radical (unpaired) electrons. The van der Waals surface area contributed by atoms with E-state index in [0.29, 0.717) is 24.4 Å². The first-order valence-corrected chi connectivity index (χ1v) is 6.95. The Bertz CT molecular complexity index is 265. The van der Waals surface area contributed by atoms with Crippen molar-refractivity contribution in [2.45, 2.75) is 37.9 Å². The maximum Gasteiger partial charge on any atom is 0.140 e. The molecule has 0 aromatic heterocycles. The second kappa shape index (κ2) is 5.27. The van der Waals surface area contributed by atoms with Crippen LogP contribution in [0.3, 0.4) is 0 Å². The minimum Gasteiger partial charge on any atom is -0.375 e. The average Bonchev–Trinajstić information content (AvgIpc) is 2.97. The van der Waals surface area contributed by atoms with Crippen LogP contribution in [-0.2, 0) is 20.2 Å². The number of hydrogen-bond donors (Lipinski definition) is 1. The van der Waals surface area contributed by atoms with Crippen LogP contribution >= 0.6 is 0 Å². The van der Waals surface area contributed by atoms with Crippen LogP contribution in [-0.4, -0.2) is 39.6 Å². The Balaban J connectivity index is 1.70. The molecule has 15 heavy (non-hydrogen) atoms. The molecule has 1 saturated heterocycles. The number of thiol groups is 1. The molecule has 2 fully saturated rings. The largest absolute Gasteiger partial charge is 0.375 e. The fraction of sp³-hybridized carbons (Fsp3) is 1.00. The van der Waals surface area contributed by atoms with Crippen LogP contribution < -0.4 is 0 Å². The van der Waals surface area contributed by atoms with E-state index in [9.17, 15) is 8.42 Å². The van der Waals surface area contributed by atoms with Crippen molar-refractivity contribution in [3.05, 3.63) is 0 Å². The lowest BCUT2D eigenvalue weighted by molar-refractivity contribution is 0.00852. The molecule has 0 aromatic rings. The van der Waals surface area contributed by atoms with E-state index >= 15 is 0 Å². The first-order chi connectivity index (χ1) is 7.24. The SMILES string of the molecule is O=[SH](=O)CC1CCCC(OCC2CO2)C1. The molecule has 1 saturated carbocycles. The molecule has 1 aliphatic carbocycles. The van der Waals surface area contributed by atoms with Gasteiger partial charge in [0, 0.05) is 0 Å². The molecule has 1 heterocycles. The normalized spacial score (nSPS) is 35.7. The molecule has 0 aromatic carbocycles. The summed E-state index contributed by atoms with van der Waals surface area (Å²) in [6.45, 7) is 1.50. The maximum atomic E-state index is 10.6. The van der Waals surface area contributed by atoms with Gasteiger partial charge in [-0.15, -0.1) is 0 Å². The highest BCUT2D eigenvalue weighted by atomic mass is 32.2. The third-order valence-electron chi connectivity index (χ3n) is 3.06. The lowest BCUT2D eigenvalue weighted by atomic mass is 9.88. The fourth-order valence-corrected chi connectivity index (χ4v) is 2.93. The second-order valence-corrected chi connectivity index (χ2v) is 5.49. The topological polar surface area (TPSA) is 55.9 Å². The van der Waals surface area contributed by atoms with Crippen molar-refractivity contribution in [3.8, 4) is 0 Å². The minimum absolute atomic E-state index is 0.253. The van der Waals surface area contributed by atoms with Gasteiger partial charge >= 0.3 is 0 Å². The van der Waals surface area contributed by atoms with Gasteiger partial charge in [0.2, 0.25) is 0 Å². The Hall–Kier alpha value is -0.130. The molecular weight excluding hydrogens is 216 g/mol. The molecule has 0 spiro atoms. The van der Waals surface area contributed by atoms with Crippen molar-refractivity contribution in [1.29, 1.82) is 0 Å². The summed E-state index contributed by atoms with van der Waals surface area (Å²) in [5.74, 6) is 0.639. The van der Waals surface area contributed by atoms with Crippen LogP contribution in [0.4, 0.5) is 0 Å². The van der Waals surface area contributed by atoms with Crippen molar-refractivity contribution in [3.63, 3.8) is 0 Å². The smallest absolute Gasteiger partial charge is 0.140 e. The average molecular weight is 234 g/mol. The van der Waals surface area contributed by atoms with Gasteiger partial charge in [0.15, 0.2) is 0 Å². The fourth-order valence-electron chi connectivity index (χ4n) is 2.18. The molecule has 3 unspecified atom stereocenters. The van der Waals surface area contributed by atoms with Gasteiger partial charge in [0.1, 0.15) is 16.8 Å². The highest BCUT2D eigenvalue weighted by Crippen LogP contribution is 2.27. The molecule has 1 aliphatic heterocycles. The molecule has 0 N–H and O–H groups in total. The summed E-state index contributed by atoms with van der Waals surface area (Å²) < 4.78 is 32.0. The molecule has 3 atom stereocenters. The van der Waals surface area contributed by atoms with Gasteiger partial charge in [-0.2, -0.15) is 0 Å². The Morgan fingerprint density at radius 1 is 1.33 bits per heavy atom. The van der Waals surface area contributed by atoms with Gasteiger partial charge in [-0.3, -0.25) is 0 Å².